The Kier molecular flexibility index (Phi) is 3.11. The molecular formula is C14H18N2O2S. The van der Waals surface area contributed by atoms with Crippen molar-refractivity contribution in [1.82, 2.24) is 4.72 Å². The third-order valence-electron chi connectivity index (χ3n) is 4.15. The van der Waals surface area contributed by atoms with Gasteiger partial charge < -0.3 is 5.32 Å². The van der Waals surface area contributed by atoms with E-state index in [-0.39, 0.29) is 0 Å². The molecule has 1 saturated carbocycles. The Bertz CT molecular complexity index is 592. The van der Waals surface area contributed by atoms with Gasteiger partial charge in [0.1, 0.15) is 0 Å². The summed E-state index contributed by atoms with van der Waals surface area (Å²) in [5.74, 6) is 1.47. The van der Waals surface area contributed by atoms with Crippen LogP contribution >= 0.6 is 0 Å². The molecule has 0 aromatic heterocycles. The van der Waals surface area contributed by atoms with Gasteiger partial charge in [-0.05, 0) is 50.1 Å². The summed E-state index contributed by atoms with van der Waals surface area (Å²) in [6.45, 7) is 0. The SMILES string of the molecule is CNS(=O)(=O)c1ccc(NC2CC3CC=CC32)cc1. The molecule has 5 heteroatoms. The van der Waals surface area contributed by atoms with Crippen molar-refractivity contribution in [2.75, 3.05) is 12.4 Å². The van der Waals surface area contributed by atoms with Crippen LogP contribution in [0.5, 0.6) is 0 Å². The zero-order chi connectivity index (χ0) is 13.5. The number of allylic oxidation sites excluding steroid dienone is 1. The second-order valence-corrected chi connectivity index (χ2v) is 7.11. The van der Waals surface area contributed by atoms with Crippen molar-refractivity contribution in [3.63, 3.8) is 0 Å². The first-order chi connectivity index (χ1) is 9.10. The lowest BCUT2D eigenvalue weighted by Gasteiger charge is -2.41. The van der Waals surface area contributed by atoms with Crippen molar-refractivity contribution in [2.24, 2.45) is 11.8 Å². The molecule has 102 valence electrons. The average molecular weight is 278 g/mol. The molecule has 0 aliphatic heterocycles. The molecule has 3 rings (SSSR count). The van der Waals surface area contributed by atoms with Crippen LogP contribution in [0.15, 0.2) is 41.3 Å². The summed E-state index contributed by atoms with van der Waals surface area (Å²) in [4.78, 5) is 0.299. The summed E-state index contributed by atoms with van der Waals surface area (Å²) >= 11 is 0. The number of nitrogens with one attached hydrogen (secondary N) is 2. The third kappa shape index (κ3) is 2.28. The van der Waals surface area contributed by atoms with E-state index in [1.165, 1.54) is 19.9 Å². The minimum Gasteiger partial charge on any atom is -0.382 e. The zero-order valence-corrected chi connectivity index (χ0v) is 11.7. The predicted molar refractivity (Wildman–Crippen MR) is 75.5 cm³/mol. The van der Waals surface area contributed by atoms with Gasteiger partial charge in [0, 0.05) is 17.6 Å². The first kappa shape index (κ1) is 12.7. The molecular weight excluding hydrogens is 260 g/mol. The van der Waals surface area contributed by atoms with Crippen LogP contribution in [0.2, 0.25) is 0 Å². The van der Waals surface area contributed by atoms with Crippen LogP contribution in [0.25, 0.3) is 0 Å². The van der Waals surface area contributed by atoms with Gasteiger partial charge in [-0.15, -0.1) is 0 Å². The van der Waals surface area contributed by atoms with E-state index in [2.05, 4.69) is 22.2 Å². The van der Waals surface area contributed by atoms with Gasteiger partial charge in [-0.2, -0.15) is 0 Å². The lowest BCUT2D eigenvalue weighted by Crippen LogP contribution is -2.43. The van der Waals surface area contributed by atoms with Crippen LogP contribution in [-0.4, -0.2) is 21.5 Å². The van der Waals surface area contributed by atoms with Gasteiger partial charge in [0.25, 0.3) is 0 Å². The molecule has 2 N–H and O–H groups in total. The molecule has 0 amide bonds. The Hall–Kier alpha value is -1.33. The predicted octanol–water partition coefficient (Wildman–Crippen LogP) is 1.97. The van der Waals surface area contributed by atoms with Gasteiger partial charge >= 0.3 is 0 Å². The molecule has 0 spiro atoms. The Labute approximate surface area is 114 Å². The molecule has 0 radical (unpaired) electrons. The van der Waals surface area contributed by atoms with E-state index in [0.29, 0.717) is 16.9 Å². The lowest BCUT2D eigenvalue weighted by atomic mass is 9.71. The van der Waals surface area contributed by atoms with Gasteiger partial charge in [0.2, 0.25) is 10.0 Å². The van der Waals surface area contributed by atoms with Crippen LogP contribution in [0.1, 0.15) is 12.8 Å². The molecule has 0 bridgehead atoms. The molecule has 19 heavy (non-hydrogen) atoms. The van der Waals surface area contributed by atoms with Crippen LogP contribution in [0.3, 0.4) is 0 Å². The molecule has 0 saturated heterocycles. The quantitative estimate of drug-likeness (QED) is 0.828. The largest absolute Gasteiger partial charge is 0.382 e. The average Bonchev–Trinajstić information content (AvgIpc) is 2.78. The van der Waals surface area contributed by atoms with E-state index in [1.54, 1.807) is 12.1 Å². The summed E-state index contributed by atoms with van der Waals surface area (Å²) in [5, 5.41) is 3.48. The number of hydrogen-bond donors (Lipinski definition) is 2. The fourth-order valence-electron chi connectivity index (χ4n) is 2.95. The molecule has 0 heterocycles. The standard InChI is InChI=1S/C14H18N2O2S/c1-15-19(17,18)12-7-5-11(6-8-12)16-14-9-10-3-2-4-13(10)14/h2,4-8,10,13-16H,3,9H2,1H3. The van der Waals surface area contributed by atoms with Crippen molar-refractivity contribution in [2.45, 2.75) is 23.8 Å². The molecule has 1 fully saturated rings. The summed E-state index contributed by atoms with van der Waals surface area (Å²) < 4.78 is 25.5. The first-order valence-corrected chi connectivity index (χ1v) is 8.05. The maximum atomic E-state index is 11.6. The monoisotopic (exact) mass is 278 g/mol. The molecule has 2 aliphatic carbocycles. The zero-order valence-electron chi connectivity index (χ0n) is 10.8. The van der Waals surface area contributed by atoms with Crippen molar-refractivity contribution in [3.05, 3.63) is 36.4 Å². The highest BCUT2D eigenvalue weighted by molar-refractivity contribution is 7.89. The molecule has 3 unspecified atom stereocenters. The molecule has 1 aromatic carbocycles. The fourth-order valence-corrected chi connectivity index (χ4v) is 3.68. The topological polar surface area (TPSA) is 58.2 Å². The smallest absolute Gasteiger partial charge is 0.240 e. The Morgan fingerprint density at radius 1 is 1.21 bits per heavy atom. The first-order valence-electron chi connectivity index (χ1n) is 6.57. The third-order valence-corrected chi connectivity index (χ3v) is 5.58. The second-order valence-electron chi connectivity index (χ2n) is 5.22. The van der Waals surface area contributed by atoms with E-state index < -0.39 is 10.0 Å². The van der Waals surface area contributed by atoms with Crippen LogP contribution in [-0.2, 0) is 10.0 Å². The van der Waals surface area contributed by atoms with Crippen molar-refractivity contribution in [1.29, 1.82) is 0 Å². The van der Waals surface area contributed by atoms with E-state index in [0.717, 1.165) is 11.6 Å². The van der Waals surface area contributed by atoms with Crippen LogP contribution in [0, 0.1) is 11.8 Å². The van der Waals surface area contributed by atoms with Crippen molar-refractivity contribution in [3.8, 4) is 0 Å². The number of benzene rings is 1. The van der Waals surface area contributed by atoms with E-state index in [4.69, 9.17) is 0 Å². The fraction of sp³-hybridized carbons (Fsp3) is 0.429. The number of hydrogen-bond acceptors (Lipinski definition) is 3. The lowest BCUT2D eigenvalue weighted by molar-refractivity contribution is 0.218. The summed E-state index contributed by atoms with van der Waals surface area (Å²) in [5.41, 5.74) is 0.985. The molecule has 1 aromatic rings. The highest BCUT2D eigenvalue weighted by atomic mass is 32.2. The van der Waals surface area contributed by atoms with E-state index in [1.807, 2.05) is 12.1 Å². The summed E-state index contributed by atoms with van der Waals surface area (Å²) in [7, 11) is -1.92. The van der Waals surface area contributed by atoms with Crippen LogP contribution in [0.4, 0.5) is 5.69 Å². The van der Waals surface area contributed by atoms with Gasteiger partial charge in [0.15, 0.2) is 0 Å². The number of rotatable bonds is 4. The number of anilines is 1. The maximum absolute atomic E-state index is 11.6. The van der Waals surface area contributed by atoms with Crippen molar-refractivity contribution >= 4 is 15.7 Å². The van der Waals surface area contributed by atoms with Gasteiger partial charge in [-0.1, -0.05) is 12.2 Å². The molecule has 3 atom stereocenters. The Morgan fingerprint density at radius 3 is 2.58 bits per heavy atom. The summed E-state index contributed by atoms with van der Waals surface area (Å²) in [6, 6.07) is 7.42. The van der Waals surface area contributed by atoms with Crippen LogP contribution < -0.4 is 10.0 Å². The molecule has 2 aliphatic rings. The normalized spacial score (nSPS) is 28.8. The number of fused-ring (bicyclic) bond motifs is 1. The van der Waals surface area contributed by atoms with Gasteiger partial charge in [0.05, 0.1) is 4.90 Å². The molecule has 4 nitrogen and oxygen atoms in total. The summed E-state index contributed by atoms with van der Waals surface area (Å²) in [6.07, 6.45) is 6.97. The Balaban J connectivity index is 1.68. The minimum absolute atomic E-state index is 0.299. The number of sulfonamides is 1. The van der Waals surface area contributed by atoms with Gasteiger partial charge in [-0.25, -0.2) is 13.1 Å². The second kappa shape index (κ2) is 4.65. The maximum Gasteiger partial charge on any atom is 0.240 e. The highest BCUT2D eigenvalue weighted by Gasteiger charge is 2.40. The minimum atomic E-state index is -3.34. The highest BCUT2D eigenvalue weighted by Crippen LogP contribution is 2.44. The Morgan fingerprint density at radius 2 is 1.95 bits per heavy atom. The van der Waals surface area contributed by atoms with E-state index >= 15 is 0 Å². The van der Waals surface area contributed by atoms with Gasteiger partial charge in [-0.3, -0.25) is 0 Å². The van der Waals surface area contributed by atoms with E-state index in [9.17, 15) is 8.42 Å². The van der Waals surface area contributed by atoms with Crippen molar-refractivity contribution < 1.29 is 8.42 Å².